The van der Waals surface area contributed by atoms with Gasteiger partial charge in [-0.25, -0.2) is 9.97 Å². The van der Waals surface area contributed by atoms with E-state index in [1.54, 1.807) is 6.07 Å². The maximum Gasteiger partial charge on any atom is 0.249 e. The number of fused-ring (bicyclic) bond motifs is 1. The van der Waals surface area contributed by atoms with Crippen molar-refractivity contribution in [2.24, 2.45) is 0 Å². The Morgan fingerprint density at radius 2 is 2.00 bits per heavy atom. The van der Waals surface area contributed by atoms with Gasteiger partial charge in [-0.2, -0.15) is 0 Å². The van der Waals surface area contributed by atoms with Gasteiger partial charge in [-0.1, -0.05) is 19.0 Å². The molecule has 0 saturated carbocycles. The Labute approximate surface area is 122 Å². The number of nitrogens with zero attached hydrogens (tertiary/aromatic N) is 3. The molecule has 0 radical (unpaired) electrons. The number of nitrogens with one attached hydrogen (secondary N) is 1. The van der Waals surface area contributed by atoms with Crippen LogP contribution in [-0.4, -0.2) is 20.1 Å². The number of rotatable bonds is 3. The predicted octanol–water partition coefficient (Wildman–Crippen LogP) is 2.43. The SMILES string of the molecule is CC.Cc1cc(CCc2ncnc3[nH]c(=O)ccc23)on1. The highest BCUT2D eigenvalue weighted by Crippen LogP contribution is 2.13. The largest absolute Gasteiger partial charge is 0.361 e. The second kappa shape index (κ2) is 6.78. The lowest BCUT2D eigenvalue weighted by atomic mass is 10.1. The van der Waals surface area contributed by atoms with Crippen molar-refractivity contribution in [3.63, 3.8) is 0 Å². The highest BCUT2D eigenvalue weighted by atomic mass is 16.5. The molecule has 3 heterocycles. The zero-order valence-corrected chi connectivity index (χ0v) is 12.4. The molecule has 0 unspecified atom stereocenters. The van der Waals surface area contributed by atoms with Crippen LogP contribution in [0.4, 0.5) is 0 Å². The van der Waals surface area contributed by atoms with Gasteiger partial charge >= 0.3 is 0 Å². The molecule has 0 bridgehead atoms. The molecule has 0 saturated heterocycles. The molecule has 0 atom stereocenters. The molecule has 0 amide bonds. The number of aryl methyl sites for hydroxylation is 3. The minimum Gasteiger partial charge on any atom is -0.361 e. The van der Waals surface area contributed by atoms with Crippen LogP contribution in [0.15, 0.2) is 33.8 Å². The number of hydrogen-bond donors (Lipinski definition) is 1. The van der Waals surface area contributed by atoms with Crippen molar-refractivity contribution in [1.82, 2.24) is 20.1 Å². The van der Waals surface area contributed by atoms with E-state index < -0.39 is 0 Å². The Hall–Kier alpha value is -2.50. The fourth-order valence-corrected chi connectivity index (χ4v) is 2.00. The summed E-state index contributed by atoms with van der Waals surface area (Å²) >= 11 is 0. The number of aromatic amines is 1. The Bertz CT molecular complexity index is 776. The smallest absolute Gasteiger partial charge is 0.249 e. The van der Waals surface area contributed by atoms with Gasteiger partial charge < -0.3 is 9.51 Å². The van der Waals surface area contributed by atoms with Gasteiger partial charge in [0.15, 0.2) is 0 Å². The lowest BCUT2D eigenvalue weighted by Crippen LogP contribution is -2.06. The van der Waals surface area contributed by atoms with E-state index in [9.17, 15) is 4.79 Å². The van der Waals surface area contributed by atoms with E-state index in [4.69, 9.17) is 4.52 Å². The van der Waals surface area contributed by atoms with Crippen LogP contribution in [0.5, 0.6) is 0 Å². The van der Waals surface area contributed by atoms with Gasteiger partial charge in [0.2, 0.25) is 5.56 Å². The van der Waals surface area contributed by atoms with Crippen molar-refractivity contribution in [1.29, 1.82) is 0 Å². The van der Waals surface area contributed by atoms with E-state index in [1.807, 2.05) is 26.8 Å². The highest BCUT2D eigenvalue weighted by Gasteiger charge is 2.07. The average molecular weight is 286 g/mol. The molecule has 1 N–H and O–H groups in total. The molecule has 6 heteroatoms. The zero-order chi connectivity index (χ0) is 15.2. The molecule has 21 heavy (non-hydrogen) atoms. The van der Waals surface area contributed by atoms with Crippen LogP contribution in [-0.2, 0) is 12.8 Å². The van der Waals surface area contributed by atoms with Crippen molar-refractivity contribution in [3.8, 4) is 0 Å². The number of pyridine rings is 1. The molecule has 0 aliphatic heterocycles. The molecular weight excluding hydrogens is 268 g/mol. The molecule has 3 aromatic heterocycles. The third kappa shape index (κ3) is 3.53. The minimum atomic E-state index is -0.164. The van der Waals surface area contributed by atoms with E-state index in [-0.39, 0.29) is 5.56 Å². The van der Waals surface area contributed by atoms with Crippen molar-refractivity contribution in [3.05, 3.63) is 52.0 Å². The lowest BCUT2D eigenvalue weighted by molar-refractivity contribution is 0.379. The van der Waals surface area contributed by atoms with Crippen LogP contribution in [0.3, 0.4) is 0 Å². The summed E-state index contributed by atoms with van der Waals surface area (Å²) in [6, 6.07) is 5.13. The summed E-state index contributed by atoms with van der Waals surface area (Å²) in [6.07, 6.45) is 2.88. The molecule has 0 aliphatic rings. The Morgan fingerprint density at radius 3 is 2.71 bits per heavy atom. The summed E-state index contributed by atoms with van der Waals surface area (Å²) in [5, 5.41) is 4.71. The third-order valence-electron chi connectivity index (χ3n) is 2.89. The van der Waals surface area contributed by atoms with Gasteiger partial charge in [-0.15, -0.1) is 0 Å². The quantitative estimate of drug-likeness (QED) is 0.799. The van der Waals surface area contributed by atoms with Crippen molar-refractivity contribution in [2.45, 2.75) is 33.6 Å². The molecule has 0 aliphatic carbocycles. The molecule has 0 aromatic carbocycles. The Morgan fingerprint density at radius 1 is 1.19 bits per heavy atom. The first-order valence-corrected chi connectivity index (χ1v) is 6.97. The lowest BCUT2D eigenvalue weighted by Gasteiger charge is -2.02. The van der Waals surface area contributed by atoms with E-state index in [0.29, 0.717) is 18.5 Å². The Kier molecular flexibility index (Phi) is 4.81. The number of hydrogen-bond acceptors (Lipinski definition) is 5. The summed E-state index contributed by atoms with van der Waals surface area (Å²) in [5.41, 5.74) is 2.15. The van der Waals surface area contributed by atoms with Crippen LogP contribution in [0.1, 0.15) is 31.0 Å². The summed E-state index contributed by atoms with van der Waals surface area (Å²) in [4.78, 5) is 22.3. The first-order chi connectivity index (χ1) is 10.2. The molecule has 6 nitrogen and oxygen atoms in total. The summed E-state index contributed by atoms with van der Waals surface area (Å²) in [5.74, 6) is 0.827. The first kappa shape index (κ1) is 14.9. The molecule has 110 valence electrons. The molecule has 3 rings (SSSR count). The summed E-state index contributed by atoms with van der Waals surface area (Å²) in [6.45, 7) is 5.89. The topological polar surface area (TPSA) is 84.7 Å². The summed E-state index contributed by atoms with van der Waals surface area (Å²) < 4.78 is 5.17. The van der Waals surface area contributed by atoms with E-state index in [0.717, 1.165) is 22.5 Å². The van der Waals surface area contributed by atoms with E-state index in [2.05, 4.69) is 20.1 Å². The van der Waals surface area contributed by atoms with Gasteiger partial charge in [0.25, 0.3) is 0 Å². The summed E-state index contributed by atoms with van der Waals surface area (Å²) in [7, 11) is 0. The van der Waals surface area contributed by atoms with Crippen LogP contribution in [0.2, 0.25) is 0 Å². The zero-order valence-electron chi connectivity index (χ0n) is 12.4. The van der Waals surface area contributed by atoms with Crippen molar-refractivity contribution < 1.29 is 4.52 Å². The van der Waals surface area contributed by atoms with Gasteiger partial charge in [-0.3, -0.25) is 4.79 Å². The molecular formula is C15H18N4O2. The fraction of sp³-hybridized carbons (Fsp3) is 0.333. The highest BCUT2D eigenvalue weighted by molar-refractivity contribution is 5.76. The number of H-pyrrole nitrogens is 1. The van der Waals surface area contributed by atoms with E-state index >= 15 is 0 Å². The van der Waals surface area contributed by atoms with Gasteiger partial charge in [0.05, 0.1) is 11.4 Å². The number of aromatic nitrogens is 4. The van der Waals surface area contributed by atoms with Gasteiger partial charge in [0.1, 0.15) is 17.7 Å². The minimum absolute atomic E-state index is 0.164. The standard InChI is InChI=1S/C13H12N4O2.C2H6/c1-8-6-9(19-17-8)2-4-11-10-3-5-12(18)16-13(10)15-7-14-11;1-2/h3,5-7H,2,4H2,1H3,(H,14,15,16,18);1-2H3. The first-order valence-electron chi connectivity index (χ1n) is 6.97. The molecule has 0 fully saturated rings. The third-order valence-corrected chi connectivity index (χ3v) is 2.89. The van der Waals surface area contributed by atoms with Gasteiger partial charge in [0, 0.05) is 23.9 Å². The van der Waals surface area contributed by atoms with Crippen molar-refractivity contribution >= 4 is 11.0 Å². The predicted molar refractivity (Wildman–Crippen MR) is 80.2 cm³/mol. The van der Waals surface area contributed by atoms with Crippen LogP contribution in [0, 0.1) is 6.92 Å². The van der Waals surface area contributed by atoms with Crippen LogP contribution < -0.4 is 5.56 Å². The Balaban J connectivity index is 0.000000774. The van der Waals surface area contributed by atoms with Gasteiger partial charge in [-0.05, 0) is 19.4 Å². The average Bonchev–Trinajstić information content (AvgIpc) is 2.92. The fourth-order valence-electron chi connectivity index (χ4n) is 2.00. The van der Waals surface area contributed by atoms with Crippen LogP contribution in [0.25, 0.3) is 11.0 Å². The second-order valence-electron chi connectivity index (χ2n) is 4.34. The maximum atomic E-state index is 11.2. The van der Waals surface area contributed by atoms with Crippen molar-refractivity contribution in [2.75, 3.05) is 0 Å². The maximum absolute atomic E-state index is 11.2. The normalized spacial score (nSPS) is 10.2. The molecule has 0 spiro atoms. The van der Waals surface area contributed by atoms with E-state index in [1.165, 1.54) is 12.4 Å². The second-order valence-corrected chi connectivity index (χ2v) is 4.34. The monoisotopic (exact) mass is 286 g/mol. The molecule has 3 aromatic rings. The van der Waals surface area contributed by atoms with Crippen LogP contribution >= 0.6 is 0 Å².